The predicted octanol–water partition coefficient (Wildman–Crippen LogP) is 3.53. The van der Waals surface area contributed by atoms with Gasteiger partial charge in [-0.3, -0.25) is 0 Å². The van der Waals surface area contributed by atoms with Crippen LogP contribution in [0, 0.1) is 5.92 Å². The molecule has 1 fully saturated rings. The average molecular weight is 212 g/mol. The molecule has 0 heterocycles. The van der Waals surface area contributed by atoms with Gasteiger partial charge >= 0.3 is 0 Å². The van der Waals surface area contributed by atoms with Crippen molar-refractivity contribution in [1.29, 1.82) is 0 Å². The monoisotopic (exact) mass is 212 g/mol. The van der Waals surface area contributed by atoms with E-state index < -0.39 is 5.72 Å². The van der Waals surface area contributed by atoms with E-state index in [-0.39, 0.29) is 6.04 Å². The minimum absolute atomic E-state index is 0.232. The lowest BCUT2D eigenvalue weighted by Gasteiger charge is -2.26. The van der Waals surface area contributed by atoms with Crippen molar-refractivity contribution in [1.82, 2.24) is 0 Å². The number of azo groups is 1. The number of hydrogen-bond acceptors (Lipinski definition) is 3. The lowest BCUT2D eigenvalue weighted by atomic mass is 9.93. The van der Waals surface area contributed by atoms with E-state index in [1.807, 2.05) is 0 Å². The molecule has 1 atom stereocenters. The summed E-state index contributed by atoms with van der Waals surface area (Å²) >= 11 is 0. The third kappa shape index (κ3) is 4.74. The van der Waals surface area contributed by atoms with Crippen LogP contribution in [0.3, 0.4) is 0 Å². The van der Waals surface area contributed by atoms with Crippen LogP contribution in [0.2, 0.25) is 0 Å². The SMILES string of the molecule is CC(C)CC(C)N=NC1(O)CCCCC1. The van der Waals surface area contributed by atoms with Gasteiger partial charge in [-0.15, -0.1) is 0 Å². The van der Waals surface area contributed by atoms with Gasteiger partial charge in [-0.05, 0) is 44.9 Å². The summed E-state index contributed by atoms with van der Waals surface area (Å²) in [6.07, 6.45) is 5.98. The number of rotatable bonds is 4. The molecule has 1 rings (SSSR count). The zero-order valence-electron chi connectivity index (χ0n) is 10.2. The Hall–Kier alpha value is -0.440. The van der Waals surface area contributed by atoms with Crippen LogP contribution < -0.4 is 0 Å². The Morgan fingerprint density at radius 1 is 1.13 bits per heavy atom. The topological polar surface area (TPSA) is 45.0 Å². The second-order valence-electron chi connectivity index (χ2n) is 5.24. The van der Waals surface area contributed by atoms with Gasteiger partial charge in [0, 0.05) is 0 Å². The van der Waals surface area contributed by atoms with Gasteiger partial charge in [-0.2, -0.15) is 10.2 Å². The van der Waals surface area contributed by atoms with Crippen LogP contribution in [0.5, 0.6) is 0 Å². The average Bonchev–Trinajstić information content (AvgIpc) is 2.15. The highest BCUT2D eigenvalue weighted by Crippen LogP contribution is 2.29. The second-order valence-corrected chi connectivity index (χ2v) is 5.24. The zero-order chi connectivity index (χ0) is 11.3. The first-order chi connectivity index (χ1) is 7.02. The van der Waals surface area contributed by atoms with Gasteiger partial charge in [-0.1, -0.05) is 20.3 Å². The van der Waals surface area contributed by atoms with Crippen molar-refractivity contribution in [2.24, 2.45) is 16.1 Å². The van der Waals surface area contributed by atoms with Gasteiger partial charge in [0.1, 0.15) is 0 Å². The Labute approximate surface area is 93.0 Å². The molecular weight excluding hydrogens is 188 g/mol. The molecule has 0 aromatic heterocycles. The Morgan fingerprint density at radius 2 is 1.73 bits per heavy atom. The molecule has 0 aromatic carbocycles. The van der Waals surface area contributed by atoms with Crippen molar-refractivity contribution in [2.75, 3.05) is 0 Å². The molecule has 1 saturated carbocycles. The standard InChI is InChI=1S/C12H24N2O/c1-10(2)9-11(3)13-14-12(15)7-5-4-6-8-12/h10-11,15H,4-9H2,1-3H3. The summed E-state index contributed by atoms with van der Waals surface area (Å²) < 4.78 is 0. The Kier molecular flexibility index (Phi) is 4.71. The Balaban J connectivity index is 2.40. The molecule has 0 aliphatic heterocycles. The molecule has 3 heteroatoms. The Morgan fingerprint density at radius 3 is 2.27 bits per heavy atom. The first-order valence-corrected chi connectivity index (χ1v) is 6.16. The molecular formula is C12H24N2O. The normalized spacial score (nSPS) is 23.5. The second kappa shape index (κ2) is 5.59. The summed E-state index contributed by atoms with van der Waals surface area (Å²) in [5.74, 6) is 0.639. The summed E-state index contributed by atoms with van der Waals surface area (Å²) in [6, 6.07) is 0.232. The summed E-state index contributed by atoms with van der Waals surface area (Å²) in [5, 5.41) is 18.5. The van der Waals surface area contributed by atoms with Gasteiger partial charge < -0.3 is 5.11 Å². The minimum atomic E-state index is -0.844. The molecule has 88 valence electrons. The molecule has 0 spiro atoms. The van der Waals surface area contributed by atoms with Gasteiger partial charge in [0.25, 0.3) is 0 Å². The van der Waals surface area contributed by atoms with Gasteiger partial charge in [0.15, 0.2) is 5.72 Å². The lowest BCUT2D eigenvalue weighted by Crippen LogP contribution is -2.28. The minimum Gasteiger partial charge on any atom is -0.368 e. The maximum absolute atomic E-state index is 10.1. The molecule has 1 N–H and O–H groups in total. The number of hydrogen-bond donors (Lipinski definition) is 1. The van der Waals surface area contributed by atoms with E-state index in [9.17, 15) is 5.11 Å². The fraction of sp³-hybridized carbons (Fsp3) is 1.00. The third-order valence-corrected chi connectivity index (χ3v) is 2.91. The van der Waals surface area contributed by atoms with Crippen molar-refractivity contribution in [3.63, 3.8) is 0 Å². The fourth-order valence-electron chi connectivity index (χ4n) is 2.15. The van der Waals surface area contributed by atoms with E-state index in [0.717, 1.165) is 32.1 Å². The van der Waals surface area contributed by atoms with Crippen LogP contribution in [-0.2, 0) is 0 Å². The predicted molar refractivity (Wildman–Crippen MR) is 61.8 cm³/mol. The third-order valence-electron chi connectivity index (χ3n) is 2.91. The molecule has 1 unspecified atom stereocenters. The van der Waals surface area contributed by atoms with E-state index in [2.05, 4.69) is 31.0 Å². The van der Waals surface area contributed by atoms with Crippen molar-refractivity contribution in [2.45, 2.75) is 71.1 Å². The van der Waals surface area contributed by atoms with Crippen molar-refractivity contribution in [3.8, 4) is 0 Å². The van der Waals surface area contributed by atoms with Crippen molar-refractivity contribution in [3.05, 3.63) is 0 Å². The van der Waals surface area contributed by atoms with Gasteiger partial charge in [0.05, 0.1) is 6.04 Å². The maximum Gasteiger partial charge on any atom is 0.176 e. The molecule has 1 aliphatic carbocycles. The maximum atomic E-state index is 10.1. The van der Waals surface area contributed by atoms with Crippen molar-refractivity contribution < 1.29 is 5.11 Å². The van der Waals surface area contributed by atoms with Crippen LogP contribution in [0.1, 0.15) is 59.3 Å². The highest BCUT2D eigenvalue weighted by atomic mass is 16.3. The van der Waals surface area contributed by atoms with Crippen LogP contribution >= 0.6 is 0 Å². The largest absolute Gasteiger partial charge is 0.368 e. The molecule has 3 nitrogen and oxygen atoms in total. The van der Waals surface area contributed by atoms with E-state index in [1.54, 1.807) is 0 Å². The van der Waals surface area contributed by atoms with Crippen LogP contribution in [-0.4, -0.2) is 16.9 Å². The van der Waals surface area contributed by atoms with Crippen molar-refractivity contribution >= 4 is 0 Å². The highest BCUT2D eigenvalue weighted by molar-refractivity contribution is 4.78. The summed E-state index contributed by atoms with van der Waals surface area (Å²) in [7, 11) is 0. The van der Waals surface area contributed by atoms with E-state index in [0.29, 0.717) is 5.92 Å². The molecule has 0 bridgehead atoms. The molecule has 0 amide bonds. The van der Waals surface area contributed by atoms with E-state index in [1.165, 1.54) is 6.42 Å². The molecule has 15 heavy (non-hydrogen) atoms. The first kappa shape index (κ1) is 12.6. The highest BCUT2D eigenvalue weighted by Gasteiger charge is 2.28. The fourth-order valence-corrected chi connectivity index (χ4v) is 2.15. The molecule has 0 radical (unpaired) electrons. The summed E-state index contributed by atoms with van der Waals surface area (Å²) in [4.78, 5) is 0. The van der Waals surface area contributed by atoms with Crippen LogP contribution in [0.15, 0.2) is 10.2 Å². The molecule has 1 aliphatic rings. The Bertz CT molecular complexity index is 208. The van der Waals surface area contributed by atoms with E-state index >= 15 is 0 Å². The van der Waals surface area contributed by atoms with Crippen LogP contribution in [0.25, 0.3) is 0 Å². The van der Waals surface area contributed by atoms with Gasteiger partial charge in [0.2, 0.25) is 0 Å². The lowest BCUT2D eigenvalue weighted by molar-refractivity contribution is 0.00428. The summed E-state index contributed by atoms with van der Waals surface area (Å²) in [6.45, 7) is 6.43. The van der Waals surface area contributed by atoms with E-state index in [4.69, 9.17) is 0 Å². The quantitative estimate of drug-likeness (QED) is 0.712. The first-order valence-electron chi connectivity index (χ1n) is 6.16. The van der Waals surface area contributed by atoms with Crippen LogP contribution in [0.4, 0.5) is 0 Å². The smallest absolute Gasteiger partial charge is 0.176 e. The van der Waals surface area contributed by atoms with Gasteiger partial charge in [-0.25, -0.2) is 0 Å². The number of nitrogens with zero attached hydrogens (tertiary/aromatic N) is 2. The zero-order valence-corrected chi connectivity index (χ0v) is 10.2. The molecule has 0 saturated heterocycles. The molecule has 0 aromatic rings. The number of aliphatic hydroxyl groups is 1. The summed E-state index contributed by atoms with van der Waals surface area (Å²) in [5.41, 5.74) is -0.844.